The highest BCUT2D eigenvalue weighted by molar-refractivity contribution is 6.08. The molecular weight excluding hydrogens is 135 g/mol. The molecule has 0 bridgehead atoms. The van der Waals surface area contributed by atoms with E-state index in [4.69, 9.17) is 12.6 Å². The zero-order valence-corrected chi connectivity index (χ0v) is 6.71. The minimum atomic E-state index is 0.701. The lowest BCUT2D eigenvalue weighted by molar-refractivity contribution is 0.414. The first kappa shape index (κ1) is 8.18. The van der Waals surface area contributed by atoms with Crippen LogP contribution in [0.1, 0.15) is 5.56 Å². The van der Waals surface area contributed by atoms with Crippen molar-refractivity contribution in [3.63, 3.8) is 0 Å². The van der Waals surface area contributed by atoms with E-state index in [-0.39, 0.29) is 0 Å². The molecule has 1 aromatic carbocycles. The summed E-state index contributed by atoms with van der Waals surface area (Å²) >= 11 is 0. The Hall–Kier alpha value is -0.915. The summed E-state index contributed by atoms with van der Waals surface area (Å²) in [5.41, 5.74) is 1.26. The first-order valence-electron chi connectivity index (χ1n) is 3.70. The third-order valence-electron chi connectivity index (χ3n) is 1.59. The predicted octanol–water partition coefficient (Wildman–Crippen LogP) is 1.82. The van der Waals surface area contributed by atoms with Gasteiger partial charge in [-0.3, -0.25) is 0 Å². The topological polar surface area (TPSA) is 9.23 Å². The number of methoxy groups -OCH3 is 1. The van der Waals surface area contributed by atoms with Gasteiger partial charge in [0, 0.05) is 0 Å². The van der Waals surface area contributed by atoms with Gasteiger partial charge in [0.2, 0.25) is 0 Å². The van der Waals surface area contributed by atoms with Gasteiger partial charge in [0.15, 0.2) is 0 Å². The van der Waals surface area contributed by atoms with Crippen LogP contribution in [0.2, 0.25) is 6.32 Å². The van der Waals surface area contributed by atoms with Crippen LogP contribution in [-0.4, -0.2) is 15.0 Å². The Kier molecular flexibility index (Phi) is 3.03. The molecule has 56 valence electrons. The van der Waals surface area contributed by atoms with E-state index in [0.29, 0.717) is 6.32 Å². The van der Waals surface area contributed by atoms with Gasteiger partial charge in [-0.2, -0.15) is 0 Å². The van der Waals surface area contributed by atoms with Crippen LogP contribution in [0.25, 0.3) is 0 Å². The van der Waals surface area contributed by atoms with Crippen LogP contribution in [0, 0.1) is 0 Å². The maximum atomic E-state index is 5.40. The highest BCUT2D eigenvalue weighted by Crippen LogP contribution is 2.11. The van der Waals surface area contributed by atoms with Gasteiger partial charge in [-0.1, -0.05) is 18.5 Å². The molecule has 0 aromatic heterocycles. The summed E-state index contributed by atoms with van der Waals surface area (Å²) in [5, 5.41) is 0. The Balaban J connectivity index is 2.66. The monoisotopic (exact) mass is 146 g/mol. The second kappa shape index (κ2) is 4.07. The lowest BCUT2D eigenvalue weighted by Crippen LogP contribution is -1.85. The summed E-state index contributed by atoms with van der Waals surface area (Å²) in [4.78, 5) is 0. The van der Waals surface area contributed by atoms with Crippen molar-refractivity contribution in [2.45, 2.75) is 12.7 Å². The van der Waals surface area contributed by atoms with Gasteiger partial charge in [0.1, 0.15) is 5.75 Å². The van der Waals surface area contributed by atoms with Gasteiger partial charge in [-0.15, -0.1) is 0 Å². The lowest BCUT2D eigenvalue weighted by atomic mass is 9.97. The van der Waals surface area contributed by atoms with Crippen LogP contribution in [-0.2, 0) is 6.42 Å². The third-order valence-corrected chi connectivity index (χ3v) is 1.59. The van der Waals surface area contributed by atoms with E-state index < -0.39 is 0 Å². The summed E-state index contributed by atoms with van der Waals surface area (Å²) in [6, 6.07) is 7.97. The third kappa shape index (κ3) is 2.30. The largest absolute Gasteiger partial charge is 0.497 e. The predicted molar refractivity (Wildman–Crippen MR) is 47.3 cm³/mol. The fourth-order valence-corrected chi connectivity index (χ4v) is 0.959. The Morgan fingerprint density at radius 1 is 1.27 bits per heavy atom. The lowest BCUT2D eigenvalue weighted by Gasteiger charge is -2.00. The molecule has 0 saturated heterocycles. The number of hydrogen-bond acceptors (Lipinski definition) is 1. The maximum Gasteiger partial charge on any atom is 0.118 e. The zero-order valence-electron chi connectivity index (χ0n) is 6.71. The average molecular weight is 146 g/mol. The maximum absolute atomic E-state index is 5.40. The minimum absolute atomic E-state index is 0.701. The highest BCUT2D eigenvalue weighted by atomic mass is 16.5. The van der Waals surface area contributed by atoms with Gasteiger partial charge in [-0.05, 0) is 24.1 Å². The summed E-state index contributed by atoms with van der Waals surface area (Å²) in [5.74, 6) is 0.894. The van der Waals surface area contributed by atoms with Gasteiger partial charge in [-0.25, -0.2) is 0 Å². The van der Waals surface area contributed by atoms with E-state index in [0.717, 1.165) is 12.2 Å². The summed E-state index contributed by atoms with van der Waals surface area (Å²) in [7, 11) is 7.06. The normalized spacial score (nSPS) is 9.55. The summed E-state index contributed by atoms with van der Waals surface area (Å²) in [6.07, 6.45) is 1.64. The van der Waals surface area contributed by atoms with Crippen molar-refractivity contribution in [1.82, 2.24) is 0 Å². The van der Waals surface area contributed by atoms with Crippen LogP contribution in [0.3, 0.4) is 0 Å². The number of rotatable bonds is 3. The van der Waals surface area contributed by atoms with E-state index >= 15 is 0 Å². The molecule has 0 spiro atoms. The second-order valence-electron chi connectivity index (χ2n) is 2.39. The molecule has 0 saturated carbocycles. The molecule has 0 N–H and O–H groups in total. The first-order chi connectivity index (χ1) is 5.36. The molecule has 1 aromatic rings. The Bertz CT molecular complexity index is 205. The standard InChI is InChI=1S/C9H11BO/c1-11-9-4-2-8(3-5-9)6-7-10/h2-5H,6-7H2,1H3. The van der Waals surface area contributed by atoms with Crippen LogP contribution in [0.5, 0.6) is 5.75 Å². The molecule has 0 aliphatic rings. The molecule has 0 unspecified atom stereocenters. The molecule has 0 amide bonds. The van der Waals surface area contributed by atoms with Gasteiger partial charge in [0.25, 0.3) is 0 Å². The molecule has 0 aliphatic heterocycles. The molecule has 0 atom stereocenters. The van der Waals surface area contributed by atoms with Crippen LogP contribution in [0.15, 0.2) is 24.3 Å². The van der Waals surface area contributed by atoms with Crippen molar-refractivity contribution in [2.24, 2.45) is 0 Å². The number of benzene rings is 1. The van der Waals surface area contributed by atoms with Crippen molar-refractivity contribution in [3.8, 4) is 5.75 Å². The van der Waals surface area contributed by atoms with Gasteiger partial charge < -0.3 is 4.74 Å². The van der Waals surface area contributed by atoms with E-state index in [1.165, 1.54) is 5.56 Å². The van der Waals surface area contributed by atoms with E-state index in [9.17, 15) is 0 Å². The Morgan fingerprint density at radius 2 is 1.91 bits per heavy atom. The molecule has 11 heavy (non-hydrogen) atoms. The molecule has 0 aliphatic carbocycles. The molecule has 0 heterocycles. The first-order valence-corrected chi connectivity index (χ1v) is 3.70. The molecule has 1 nitrogen and oxygen atoms in total. The highest BCUT2D eigenvalue weighted by Gasteiger charge is 1.91. The van der Waals surface area contributed by atoms with Crippen molar-refractivity contribution in [3.05, 3.63) is 29.8 Å². The van der Waals surface area contributed by atoms with Crippen molar-refractivity contribution in [1.29, 1.82) is 0 Å². The smallest absolute Gasteiger partial charge is 0.118 e. The molecule has 0 fully saturated rings. The SMILES string of the molecule is [B]CCc1ccc(OC)cc1. The molecule has 1 rings (SSSR count). The van der Waals surface area contributed by atoms with E-state index in [1.807, 2.05) is 24.3 Å². The van der Waals surface area contributed by atoms with Gasteiger partial charge in [0.05, 0.1) is 15.0 Å². The van der Waals surface area contributed by atoms with Crippen LogP contribution in [0.4, 0.5) is 0 Å². The Morgan fingerprint density at radius 3 is 2.36 bits per heavy atom. The van der Waals surface area contributed by atoms with Crippen molar-refractivity contribution in [2.75, 3.05) is 7.11 Å². The Labute approximate surface area is 68.8 Å². The number of ether oxygens (including phenoxy) is 1. The van der Waals surface area contributed by atoms with E-state index in [2.05, 4.69) is 0 Å². The van der Waals surface area contributed by atoms with Gasteiger partial charge >= 0.3 is 0 Å². The number of aryl methyl sites for hydroxylation is 1. The average Bonchev–Trinajstić information content (AvgIpc) is 2.07. The quantitative estimate of drug-likeness (QED) is 0.591. The summed E-state index contributed by atoms with van der Waals surface area (Å²) < 4.78 is 5.02. The zero-order chi connectivity index (χ0) is 8.10. The molecule has 2 radical (unpaired) electrons. The fraction of sp³-hybridized carbons (Fsp3) is 0.333. The van der Waals surface area contributed by atoms with E-state index in [1.54, 1.807) is 7.11 Å². The second-order valence-corrected chi connectivity index (χ2v) is 2.39. The van der Waals surface area contributed by atoms with Crippen LogP contribution >= 0.6 is 0 Å². The molecule has 2 heteroatoms. The summed E-state index contributed by atoms with van der Waals surface area (Å²) in [6.45, 7) is 0. The van der Waals surface area contributed by atoms with Crippen molar-refractivity contribution >= 4 is 7.85 Å². The minimum Gasteiger partial charge on any atom is -0.497 e. The fourth-order valence-electron chi connectivity index (χ4n) is 0.959. The molecular formula is C9H11BO. The number of hydrogen-bond donors (Lipinski definition) is 0. The van der Waals surface area contributed by atoms with Crippen molar-refractivity contribution < 1.29 is 4.74 Å². The van der Waals surface area contributed by atoms with Crippen LogP contribution < -0.4 is 4.74 Å².